The molecule has 86 valence electrons. The Labute approximate surface area is 93.7 Å². The number of nitrogens with two attached hydrogens (primary N) is 2. The van der Waals surface area contributed by atoms with Gasteiger partial charge in [0.05, 0.1) is 6.07 Å². The molecule has 0 aliphatic heterocycles. The maximum atomic E-state index is 11.7. The third-order valence-corrected chi connectivity index (χ3v) is 2.23. The van der Waals surface area contributed by atoms with E-state index in [2.05, 4.69) is 20.2 Å². The number of hydrogen-bond donors (Lipinski definition) is 3. The highest BCUT2D eigenvalue weighted by Crippen LogP contribution is 2.12. The van der Waals surface area contributed by atoms with Crippen LogP contribution in [0, 0.1) is 0 Å². The molecule has 0 radical (unpaired) electrons. The summed E-state index contributed by atoms with van der Waals surface area (Å²) < 4.78 is 2.48. The Morgan fingerprint density at radius 1 is 1.29 bits per heavy atom. The van der Waals surface area contributed by atoms with Gasteiger partial charge in [0.2, 0.25) is 0 Å². The van der Waals surface area contributed by atoms with Gasteiger partial charge in [-0.1, -0.05) is 0 Å². The van der Waals surface area contributed by atoms with Crippen LogP contribution in [0.5, 0.6) is 0 Å². The van der Waals surface area contributed by atoms with Crippen LogP contribution in [0.3, 0.4) is 0 Å². The fraction of sp³-hybridized carbons (Fsp3) is 0. The highest BCUT2D eigenvalue weighted by molar-refractivity contribution is 5.47. The number of H-pyrrole nitrogens is 1. The van der Waals surface area contributed by atoms with Gasteiger partial charge in [0.25, 0.3) is 11.3 Å². The molecule has 0 unspecified atom stereocenters. The van der Waals surface area contributed by atoms with E-state index in [-0.39, 0.29) is 23.0 Å². The third kappa shape index (κ3) is 1.33. The number of nitrogen functional groups attached to an aromatic ring is 2. The summed E-state index contributed by atoms with van der Waals surface area (Å²) in [7, 11) is 0. The average Bonchev–Trinajstić information content (AvgIpc) is 2.84. The minimum absolute atomic E-state index is 0.237. The van der Waals surface area contributed by atoms with Crippen LogP contribution in [-0.4, -0.2) is 29.4 Å². The Morgan fingerprint density at radius 2 is 2.12 bits per heavy atom. The lowest BCUT2D eigenvalue weighted by Gasteiger charge is -2.01. The van der Waals surface area contributed by atoms with E-state index in [9.17, 15) is 4.79 Å². The van der Waals surface area contributed by atoms with Crippen LogP contribution in [0.1, 0.15) is 0 Å². The van der Waals surface area contributed by atoms with E-state index in [1.807, 2.05) is 0 Å². The van der Waals surface area contributed by atoms with E-state index in [1.54, 1.807) is 0 Å². The number of aromatic amines is 1. The van der Waals surface area contributed by atoms with Crippen molar-refractivity contribution in [1.29, 1.82) is 0 Å². The fourth-order valence-corrected chi connectivity index (χ4v) is 1.52. The Morgan fingerprint density at radius 3 is 2.82 bits per heavy atom. The first-order valence-corrected chi connectivity index (χ1v) is 4.70. The predicted octanol–water partition coefficient (Wildman–Crippen LogP) is -1.23. The van der Waals surface area contributed by atoms with Crippen LogP contribution < -0.4 is 17.0 Å². The third-order valence-electron chi connectivity index (χ3n) is 2.23. The van der Waals surface area contributed by atoms with Crippen molar-refractivity contribution in [3.8, 4) is 5.82 Å². The Balaban J connectivity index is 2.31. The van der Waals surface area contributed by atoms with Gasteiger partial charge in [0.1, 0.15) is 18.0 Å². The van der Waals surface area contributed by atoms with Gasteiger partial charge in [-0.3, -0.25) is 9.89 Å². The molecule has 0 saturated heterocycles. The first-order chi connectivity index (χ1) is 8.15. The molecule has 3 aromatic heterocycles. The first-order valence-electron chi connectivity index (χ1n) is 4.70. The summed E-state index contributed by atoms with van der Waals surface area (Å²) in [6.45, 7) is 0. The second-order valence-corrected chi connectivity index (χ2v) is 3.38. The monoisotopic (exact) mass is 232 g/mol. The molecule has 3 rings (SSSR count). The molecule has 17 heavy (non-hydrogen) atoms. The zero-order chi connectivity index (χ0) is 12.0. The van der Waals surface area contributed by atoms with Crippen molar-refractivity contribution < 1.29 is 0 Å². The summed E-state index contributed by atoms with van der Waals surface area (Å²) in [4.78, 5) is 19.7. The van der Waals surface area contributed by atoms with E-state index >= 15 is 0 Å². The topological polar surface area (TPSA) is 133 Å². The van der Waals surface area contributed by atoms with Crippen molar-refractivity contribution in [2.45, 2.75) is 0 Å². The van der Waals surface area contributed by atoms with Crippen LogP contribution in [0.4, 0.5) is 11.6 Å². The number of fused-ring (bicyclic) bond motifs is 1. The predicted molar refractivity (Wildman–Crippen MR) is 59.6 cm³/mol. The van der Waals surface area contributed by atoms with Gasteiger partial charge in [-0.15, -0.1) is 5.10 Å². The SMILES string of the molecule is Nc1cc(N)n(-c2cc(=O)n3[nH]cnc3n2)n1. The standard InChI is InChI=1S/C8H8N8O/c9-4-1-5(10)15(14-4)6-2-7(17)16-8(13-6)11-3-12-16/h1-3H,10H2,(H2,9,14)(H,11,12,13). The van der Waals surface area contributed by atoms with Crippen molar-refractivity contribution in [1.82, 2.24) is 29.4 Å². The fourth-order valence-electron chi connectivity index (χ4n) is 1.52. The van der Waals surface area contributed by atoms with Gasteiger partial charge in [-0.05, 0) is 0 Å². The summed E-state index contributed by atoms with van der Waals surface area (Å²) in [5.74, 6) is 1.07. The molecule has 0 spiro atoms. The van der Waals surface area contributed by atoms with Crippen LogP contribution in [-0.2, 0) is 0 Å². The van der Waals surface area contributed by atoms with E-state index < -0.39 is 0 Å². The highest BCUT2D eigenvalue weighted by Gasteiger charge is 2.09. The molecule has 5 N–H and O–H groups in total. The second kappa shape index (κ2) is 3.07. The Bertz CT molecular complexity index is 750. The highest BCUT2D eigenvalue weighted by atomic mass is 16.1. The average molecular weight is 232 g/mol. The molecule has 0 fully saturated rings. The molecular formula is C8H8N8O. The zero-order valence-electron chi connectivity index (χ0n) is 8.53. The minimum atomic E-state index is -0.309. The van der Waals surface area contributed by atoms with E-state index in [1.165, 1.54) is 27.7 Å². The molecule has 0 amide bonds. The number of nitrogens with one attached hydrogen (secondary N) is 1. The molecule has 0 atom stereocenters. The van der Waals surface area contributed by atoms with Crippen LogP contribution in [0.15, 0.2) is 23.3 Å². The molecule has 9 nitrogen and oxygen atoms in total. The molecule has 3 heterocycles. The number of hydrogen-bond acceptors (Lipinski definition) is 6. The number of rotatable bonds is 1. The lowest BCUT2D eigenvalue weighted by atomic mass is 10.5. The Kier molecular flexibility index (Phi) is 1.70. The molecule has 0 aliphatic rings. The van der Waals surface area contributed by atoms with E-state index in [0.29, 0.717) is 5.82 Å². The number of nitrogens with zero attached hydrogens (tertiary/aromatic N) is 5. The van der Waals surface area contributed by atoms with Gasteiger partial charge in [0.15, 0.2) is 5.82 Å². The van der Waals surface area contributed by atoms with Gasteiger partial charge >= 0.3 is 0 Å². The zero-order valence-corrected chi connectivity index (χ0v) is 8.53. The summed E-state index contributed by atoms with van der Waals surface area (Å²) >= 11 is 0. The number of aromatic nitrogens is 6. The van der Waals surface area contributed by atoms with Gasteiger partial charge in [-0.2, -0.15) is 14.2 Å². The largest absolute Gasteiger partial charge is 0.383 e. The first kappa shape index (κ1) is 9.39. The van der Waals surface area contributed by atoms with Crippen molar-refractivity contribution in [2.75, 3.05) is 11.5 Å². The molecule has 0 bridgehead atoms. The van der Waals surface area contributed by atoms with Gasteiger partial charge in [0, 0.05) is 6.07 Å². The van der Waals surface area contributed by atoms with Crippen molar-refractivity contribution in [3.63, 3.8) is 0 Å². The maximum Gasteiger partial charge on any atom is 0.276 e. The molecule has 0 aliphatic carbocycles. The van der Waals surface area contributed by atoms with Crippen molar-refractivity contribution >= 4 is 17.4 Å². The van der Waals surface area contributed by atoms with Crippen LogP contribution in [0.2, 0.25) is 0 Å². The maximum absolute atomic E-state index is 11.7. The van der Waals surface area contributed by atoms with E-state index in [0.717, 1.165) is 0 Å². The lowest BCUT2D eigenvalue weighted by Crippen LogP contribution is -2.17. The lowest BCUT2D eigenvalue weighted by molar-refractivity contribution is 0.828. The van der Waals surface area contributed by atoms with Gasteiger partial charge in [-0.25, -0.2) is 4.98 Å². The Hall–Kier alpha value is -2.84. The molecule has 0 saturated carbocycles. The summed E-state index contributed by atoms with van der Waals surface area (Å²) in [6.07, 6.45) is 1.37. The molecule has 3 aromatic rings. The van der Waals surface area contributed by atoms with Crippen LogP contribution in [0.25, 0.3) is 11.6 Å². The molecular weight excluding hydrogens is 224 g/mol. The smallest absolute Gasteiger partial charge is 0.276 e. The summed E-state index contributed by atoms with van der Waals surface area (Å²) in [6, 6.07) is 2.77. The van der Waals surface area contributed by atoms with Crippen molar-refractivity contribution in [2.24, 2.45) is 0 Å². The van der Waals surface area contributed by atoms with Crippen molar-refractivity contribution in [3.05, 3.63) is 28.8 Å². The summed E-state index contributed by atoms with van der Waals surface area (Å²) in [5, 5.41) is 6.56. The normalized spacial score (nSPS) is 11.1. The molecule has 0 aromatic carbocycles. The number of anilines is 2. The van der Waals surface area contributed by atoms with Gasteiger partial charge < -0.3 is 11.5 Å². The van der Waals surface area contributed by atoms with Crippen LogP contribution >= 0.6 is 0 Å². The second-order valence-electron chi connectivity index (χ2n) is 3.38. The minimum Gasteiger partial charge on any atom is -0.383 e. The summed E-state index contributed by atoms with van der Waals surface area (Å²) in [5.41, 5.74) is 10.9. The molecule has 9 heteroatoms. The van der Waals surface area contributed by atoms with E-state index in [4.69, 9.17) is 11.5 Å². The quantitative estimate of drug-likeness (QED) is 0.481.